The fourth-order valence-corrected chi connectivity index (χ4v) is 4.85. The van der Waals surface area contributed by atoms with Crippen molar-refractivity contribution in [2.45, 2.75) is 22.9 Å². The average Bonchev–Trinajstić information content (AvgIpc) is 2.82. The number of anilines is 1. The number of thioether (sulfide) groups is 1. The lowest BCUT2D eigenvalue weighted by Crippen LogP contribution is -2.39. The molecule has 0 bridgehead atoms. The van der Waals surface area contributed by atoms with Crippen molar-refractivity contribution >= 4 is 39.6 Å². The number of carbonyl (C=O) groups excluding carboxylic acids is 1. The number of aryl methyl sites for hydroxylation is 1. The number of halogens is 3. The summed E-state index contributed by atoms with van der Waals surface area (Å²) in [6, 6.07) is 16.9. The summed E-state index contributed by atoms with van der Waals surface area (Å²) in [7, 11) is -4.36. The van der Waals surface area contributed by atoms with Gasteiger partial charge in [-0.3, -0.25) is 9.10 Å². The fourth-order valence-electron chi connectivity index (χ4n) is 3.02. The summed E-state index contributed by atoms with van der Waals surface area (Å²) in [6.45, 7) is 0.987. The van der Waals surface area contributed by atoms with E-state index in [1.165, 1.54) is 24.4 Å². The van der Waals surface area contributed by atoms with Gasteiger partial charge >= 0.3 is 6.18 Å². The highest BCUT2D eigenvalue weighted by molar-refractivity contribution is 7.98. The summed E-state index contributed by atoms with van der Waals surface area (Å²) in [5, 5.41) is 3.83. The van der Waals surface area contributed by atoms with Crippen LogP contribution in [0.15, 0.2) is 87.7 Å². The summed E-state index contributed by atoms with van der Waals surface area (Å²) >= 11 is 1.57. The molecular formula is C24H22F3N3O3S2. The second-order valence-electron chi connectivity index (χ2n) is 7.44. The van der Waals surface area contributed by atoms with Gasteiger partial charge in [0.25, 0.3) is 15.9 Å². The molecule has 0 atom stereocenters. The van der Waals surface area contributed by atoms with Gasteiger partial charge in [-0.15, -0.1) is 11.8 Å². The van der Waals surface area contributed by atoms with Gasteiger partial charge in [0.05, 0.1) is 22.4 Å². The second-order valence-corrected chi connectivity index (χ2v) is 10.2. The van der Waals surface area contributed by atoms with Gasteiger partial charge in [0, 0.05) is 4.90 Å². The molecule has 3 rings (SSSR count). The summed E-state index contributed by atoms with van der Waals surface area (Å²) in [6.07, 6.45) is -1.37. The number of nitrogens with one attached hydrogen (secondary N) is 1. The molecule has 3 aromatic rings. The molecule has 0 aliphatic heterocycles. The van der Waals surface area contributed by atoms with Crippen LogP contribution < -0.4 is 9.73 Å². The maximum absolute atomic E-state index is 13.3. The first kappa shape index (κ1) is 26.3. The Bertz CT molecular complexity index is 1310. The monoisotopic (exact) mass is 521 g/mol. The van der Waals surface area contributed by atoms with E-state index in [2.05, 4.69) is 10.5 Å². The van der Waals surface area contributed by atoms with E-state index < -0.39 is 34.2 Å². The standard InChI is InChI=1S/C24H22F3N3O3S2/c1-17-6-12-22(13-7-17)35(32,33)30(20-5-3-4-19(14-20)24(25,26)27)16-23(31)29-28-15-18-8-10-21(34-2)11-9-18/h3-15H,16H2,1-2H3,(H,29,31)/b28-15-. The van der Waals surface area contributed by atoms with E-state index in [0.717, 1.165) is 22.6 Å². The Balaban J connectivity index is 1.88. The van der Waals surface area contributed by atoms with E-state index in [9.17, 15) is 26.4 Å². The molecule has 0 aliphatic carbocycles. The molecule has 1 N–H and O–H groups in total. The smallest absolute Gasteiger partial charge is 0.271 e. The third-order valence-corrected chi connectivity index (χ3v) is 7.41. The minimum Gasteiger partial charge on any atom is -0.271 e. The van der Waals surface area contributed by atoms with Gasteiger partial charge in [-0.05, 0) is 61.2 Å². The topological polar surface area (TPSA) is 78.8 Å². The molecule has 3 aromatic carbocycles. The van der Waals surface area contributed by atoms with E-state index in [4.69, 9.17) is 0 Å². The normalized spacial score (nSPS) is 12.0. The molecule has 1 amide bonds. The number of nitrogens with zero attached hydrogens (tertiary/aromatic N) is 2. The number of alkyl halides is 3. The largest absolute Gasteiger partial charge is 0.416 e. The third-order valence-electron chi connectivity index (χ3n) is 4.88. The van der Waals surface area contributed by atoms with Crippen molar-refractivity contribution in [3.8, 4) is 0 Å². The number of rotatable bonds is 8. The first-order valence-corrected chi connectivity index (χ1v) is 12.9. The highest BCUT2D eigenvalue weighted by Crippen LogP contribution is 2.33. The molecule has 0 spiro atoms. The molecule has 6 nitrogen and oxygen atoms in total. The molecule has 0 aromatic heterocycles. The average molecular weight is 522 g/mol. The maximum Gasteiger partial charge on any atom is 0.416 e. The van der Waals surface area contributed by atoms with E-state index >= 15 is 0 Å². The van der Waals surface area contributed by atoms with Crippen molar-refractivity contribution in [1.82, 2.24) is 5.43 Å². The number of benzene rings is 3. The minimum absolute atomic E-state index is 0.161. The van der Waals surface area contributed by atoms with Crippen molar-refractivity contribution in [2.24, 2.45) is 5.10 Å². The van der Waals surface area contributed by atoms with Gasteiger partial charge in [0.1, 0.15) is 6.54 Å². The van der Waals surface area contributed by atoms with Crippen LogP contribution in [0.3, 0.4) is 0 Å². The molecule has 0 radical (unpaired) electrons. The zero-order chi connectivity index (χ0) is 25.6. The van der Waals surface area contributed by atoms with Gasteiger partial charge in [-0.2, -0.15) is 18.3 Å². The Kier molecular flexibility index (Phi) is 8.23. The Hall–Kier alpha value is -3.31. The summed E-state index contributed by atoms with van der Waals surface area (Å²) in [5.41, 5.74) is 2.40. The van der Waals surface area contributed by atoms with Crippen LogP contribution in [0.5, 0.6) is 0 Å². The van der Waals surface area contributed by atoms with Crippen molar-refractivity contribution < 1.29 is 26.4 Å². The predicted molar refractivity (Wildman–Crippen MR) is 131 cm³/mol. The van der Waals surface area contributed by atoms with Crippen molar-refractivity contribution in [1.29, 1.82) is 0 Å². The lowest BCUT2D eigenvalue weighted by molar-refractivity contribution is -0.137. The number of hydrogen-bond donors (Lipinski definition) is 1. The Morgan fingerprint density at radius 3 is 2.31 bits per heavy atom. The number of hydrazone groups is 1. The number of carbonyl (C=O) groups is 1. The zero-order valence-electron chi connectivity index (χ0n) is 18.8. The molecule has 0 saturated carbocycles. The predicted octanol–water partition coefficient (Wildman–Crippen LogP) is 5.08. The molecule has 0 fully saturated rings. The van der Waals surface area contributed by atoms with Crippen LogP contribution in [0, 0.1) is 6.92 Å². The van der Waals surface area contributed by atoms with Crippen LogP contribution >= 0.6 is 11.8 Å². The van der Waals surface area contributed by atoms with Crippen LogP contribution in [0.2, 0.25) is 0 Å². The van der Waals surface area contributed by atoms with Crippen LogP contribution in [0.1, 0.15) is 16.7 Å². The molecule has 0 unspecified atom stereocenters. The van der Waals surface area contributed by atoms with Crippen molar-refractivity contribution in [3.05, 3.63) is 89.5 Å². The minimum atomic E-state index is -4.69. The molecule has 35 heavy (non-hydrogen) atoms. The molecule has 0 heterocycles. The molecule has 0 saturated heterocycles. The highest BCUT2D eigenvalue weighted by Gasteiger charge is 2.33. The zero-order valence-corrected chi connectivity index (χ0v) is 20.4. The Morgan fingerprint density at radius 1 is 1.06 bits per heavy atom. The third kappa shape index (κ3) is 6.86. The first-order valence-electron chi connectivity index (χ1n) is 10.2. The summed E-state index contributed by atoms with van der Waals surface area (Å²) in [4.78, 5) is 13.5. The lowest BCUT2D eigenvalue weighted by atomic mass is 10.2. The SMILES string of the molecule is CSc1ccc(/C=N\NC(=O)CN(c2cccc(C(F)(F)F)c2)S(=O)(=O)c2ccc(C)cc2)cc1. The summed E-state index contributed by atoms with van der Waals surface area (Å²) in [5.74, 6) is -0.824. The van der Waals surface area contributed by atoms with Gasteiger partial charge in [0.2, 0.25) is 0 Å². The van der Waals surface area contributed by atoms with Crippen LogP contribution in [0.4, 0.5) is 18.9 Å². The van der Waals surface area contributed by atoms with Gasteiger partial charge in [-0.1, -0.05) is 35.9 Å². The number of hydrogen-bond acceptors (Lipinski definition) is 5. The van der Waals surface area contributed by atoms with Gasteiger partial charge in [0.15, 0.2) is 0 Å². The van der Waals surface area contributed by atoms with Gasteiger partial charge in [-0.25, -0.2) is 13.8 Å². The summed E-state index contributed by atoms with van der Waals surface area (Å²) < 4.78 is 67.1. The van der Waals surface area contributed by atoms with Crippen molar-refractivity contribution in [3.63, 3.8) is 0 Å². The van der Waals surface area contributed by atoms with Crippen LogP contribution in [-0.4, -0.2) is 33.3 Å². The molecule has 11 heteroatoms. The number of sulfonamides is 1. The molecule has 0 aliphatic rings. The van der Waals surface area contributed by atoms with E-state index in [1.807, 2.05) is 18.4 Å². The van der Waals surface area contributed by atoms with Crippen LogP contribution in [-0.2, 0) is 21.0 Å². The van der Waals surface area contributed by atoms with Crippen LogP contribution in [0.25, 0.3) is 0 Å². The van der Waals surface area contributed by atoms with E-state index in [-0.39, 0.29) is 10.6 Å². The van der Waals surface area contributed by atoms with E-state index in [1.54, 1.807) is 43.0 Å². The fraction of sp³-hybridized carbons (Fsp3) is 0.167. The highest BCUT2D eigenvalue weighted by atomic mass is 32.2. The Labute approximate surface area is 205 Å². The number of amides is 1. The first-order chi connectivity index (χ1) is 16.5. The Morgan fingerprint density at radius 2 is 1.71 bits per heavy atom. The molecular weight excluding hydrogens is 499 g/mol. The van der Waals surface area contributed by atoms with Gasteiger partial charge < -0.3 is 0 Å². The van der Waals surface area contributed by atoms with E-state index in [0.29, 0.717) is 15.9 Å². The molecule has 184 valence electrons. The lowest BCUT2D eigenvalue weighted by Gasteiger charge is -2.24. The quantitative estimate of drug-likeness (QED) is 0.255. The maximum atomic E-state index is 13.3. The second kappa shape index (κ2) is 11.0. The van der Waals surface area contributed by atoms with Crippen molar-refractivity contribution in [2.75, 3.05) is 17.1 Å².